The van der Waals surface area contributed by atoms with Crippen LogP contribution in [-0.4, -0.2) is 35.6 Å². The Morgan fingerprint density at radius 2 is 2.22 bits per heavy atom. The van der Waals surface area contributed by atoms with Crippen LogP contribution < -0.4 is 4.74 Å². The molecule has 1 fully saturated rings. The van der Waals surface area contributed by atoms with Crippen molar-refractivity contribution in [2.24, 2.45) is 5.92 Å². The number of aryl methyl sites for hydroxylation is 1. The van der Waals surface area contributed by atoms with Gasteiger partial charge in [-0.2, -0.15) is 0 Å². The van der Waals surface area contributed by atoms with Crippen molar-refractivity contribution in [1.82, 2.24) is 9.88 Å². The third-order valence-electron chi connectivity index (χ3n) is 3.87. The van der Waals surface area contributed by atoms with E-state index in [4.69, 9.17) is 4.74 Å². The average Bonchev–Trinajstić information content (AvgIpc) is 2.39. The summed E-state index contributed by atoms with van der Waals surface area (Å²) in [6, 6.07) is 4.73. The van der Waals surface area contributed by atoms with Crippen LogP contribution >= 0.6 is 0 Å². The zero-order valence-corrected chi connectivity index (χ0v) is 11.7. The maximum absolute atomic E-state index is 5.79. The van der Waals surface area contributed by atoms with Gasteiger partial charge in [0.25, 0.3) is 0 Å². The van der Waals surface area contributed by atoms with Gasteiger partial charge >= 0.3 is 0 Å². The van der Waals surface area contributed by atoms with Crippen molar-refractivity contribution in [3.63, 3.8) is 0 Å². The van der Waals surface area contributed by atoms with Gasteiger partial charge in [-0.25, -0.2) is 4.98 Å². The smallest absolute Gasteiger partial charge is 0.213 e. The van der Waals surface area contributed by atoms with E-state index in [1.807, 2.05) is 25.3 Å². The zero-order chi connectivity index (χ0) is 13.0. The highest BCUT2D eigenvalue weighted by Crippen LogP contribution is 2.22. The number of hydrogen-bond acceptors (Lipinski definition) is 3. The van der Waals surface area contributed by atoms with E-state index in [2.05, 4.69) is 23.7 Å². The highest BCUT2D eigenvalue weighted by Gasteiger charge is 2.24. The summed E-state index contributed by atoms with van der Waals surface area (Å²) in [6.45, 7) is 9.69. The van der Waals surface area contributed by atoms with Gasteiger partial charge in [-0.05, 0) is 38.8 Å². The second-order valence-electron chi connectivity index (χ2n) is 5.36. The second kappa shape index (κ2) is 6.19. The summed E-state index contributed by atoms with van der Waals surface area (Å²) in [4.78, 5) is 6.82. The molecule has 1 aliphatic heterocycles. The Morgan fingerprint density at radius 1 is 1.39 bits per heavy atom. The molecule has 1 aromatic rings. The van der Waals surface area contributed by atoms with Gasteiger partial charge in [0.15, 0.2) is 0 Å². The first-order valence-electron chi connectivity index (χ1n) is 6.98. The van der Waals surface area contributed by atoms with Crippen molar-refractivity contribution in [3.8, 4) is 5.88 Å². The normalized spacial score (nSPS) is 25.1. The molecule has 18 heavy (non-hydrogen) atoms. The minimum atomic E-state index is 0.643. The van der Waals surface area contributed by atoms with Crippen molar-refractivity contribution >= 4 is 0 Å². The number of hydrogen-bond donors (Lipinski definition) is 0. The van der Waals surface area contributed by atoms with E-state index in [0.717, 1.165) is 31.6 Å². The van der Waals surface area contributed by atoms with E-state index in [1.54, 1.807) is 0 Å². The van der Waals surface area contributed by atoms with Gasteiger partial charge in [0, 0.05) is 30.8 Å². The molecule has 0 amide bonds. The Morgan fingerprint density at radius 3 is 2.89 bits per heavy atom. The van der Waals surface area contributed by atoms with Gasteiger partial charge < -0.3 is 9.64 Å². The van der Waals surface area contributed by atoms with Crippen LogP contribution in [0.15, 0.2) is 18.3 Å². The van der Waals surface area contributed by atoms with Crippen molar-refractivity contribution in [2.75, 3.05) is 19.7 Å². The van der Waals surface area contributed by atoms with Crippen LogP contribution in [0.4, 0.5) is 0 Å². The standard InChI is InChI=1S/C15H24N2O/c1-4-17-10-14(7-6-13(17)3)11-18-15-8-5-12(2)9-16-15/h5,8-9,13-14H,4,6-7,10-11H2,1-3H3/t13-,14-/m1/s1. The van der Waals surface area contributed by atoms with Gasteiger partial charge in [0.05, 0.1) is 6.61 Å². The van der Waals surface area contributed by atoms with Gasteiger partial charge in [-0.15, -0.1) is 0 Å². The molecular weight excluding hydrogens is 224 g/mol. The fourth-order valence-corrected chi connectivity index (χ4v) is 2.58. The summed E-state index contributed by atoms with van der Waals surface area (Å²) in [5.74, 6) is 1.39. The lowest BCUT2D eigenvalue weighted by atomic mass is 9.94. The topological polar surface area (TPSA) is 25.4 Å². The number of aromatic nitrogens is 1. The summed E-state index contributed by atoms with van der Waals surface area (Å²) in [6.07, 6.45) is 4.41. The fourth-order valence-electron chi connectivity index (χ4n) is 2.58. The van der Waals surface area contributed by atoms with Gasteiger partial charge in [0.1, 0.15) is 0 Å². The van der Waals surface area contributed by atoms with Crippen molar-refractivity contribution in [2.45, 2.75) is 39.7 Å². The van der Waals surface area contributed by atoms with E-state index in [-0.39, 0.29) is 0 Å². The van der Waals surface area contributed by atoms with Crippen LogP contribution in [0.2, 0.25) is 0 Å². The van der Waals surface area contributed by atoms with Crippen LogP contribution in [0.25, 0.3) is 0 Å². The van der Waals surface area contributed by atoms with Crippen molar-refractivity contribution in [1.29, 1.82) is 0 Å². The Balaban J connectivity index is 1.81. The molecule has 3 heteroatoms. The third-order valence-corrected chi connectivity index (χ3v) is 3.87. The van der Waals surface area contributed by atoms with E-state index < -0.39 is 0 Å². The molecule has 0 N–H and O–H groups in total. The number of piperidine rings is 1. The molecule has 0 bridgehead atoms. The van der Waals surface area contributed by atoms with E-state index in [0.29, 0.717) is 5.92 Å². The molecule has 1 aliphatic rings. The first-order chi connectivity index (χ1) is 8.69. The van der Waals surface area contributed by atoms with Crippen LogP contribution in [0, 0.1) is 12.8 Å². The van der Waals surface area contributed by atoms with Crippen molar-refractivity contribution < 1.29 is 4.74 Å². The molecule has 2 heterocycles. The lowest BCUT2D eigenvalue weighted by molar-refractivity contribution is 0.0930. The van der Waals surface area contributed by atoms with E-state index in [1.165, 1.54) is 18.4 Å². The number of ether oxygens (including phenoxy) is 1. The second-order valence-corrected chi connectivity index (χ2v) is 5.36. The van der Waals surface area contributed by atoms with Crippen LogP contribution in [-0.2, 0) is 0 Å². The summed E-state index contributed by atoms with van der Waals surface area (Å²) in [7, 11) is 0. The molecule has 2 rings (SSSR count). The lowest BCUT2D eigenvalue weighted by Crippen LogP contribution is -2.43. The SMILES string of the molecule is CCN1C[C@H](COc2ccc(C)cn2)CC[C@H]1C. The summed E-state index contributed by atoms with van der Waals surface area (Å²) in [5, 5.41) is 0. The van der Waals surface area contributed by atoms with Gasteiger partial charge in [-0.1, -0.05) is 13.0 Å². The predicted octanol–water partition coefficient (Wildman–Crippen LogP) is 2.89. The molecule has 3 nitrogen and oxygen atoms in total. The Kier molecular flexibility index (Phi) is 4.59. The molecule has 0 aliphatic carbocycles. The maximum atomic E-state index is 5.79. The average molecular weight is 248 g/mol. The largest absolute Gasteiger partial charge is 0.477 e. The lowest BCUT2D eigenvalue weighted by Gasteiger charge is -2.37. The summed E-state index contributed by atoms with van der Waals surface area (Å²) >= 11 is 0. The summed E-state index contributed by atoms with van der Waals surface area (Å²) < 4.78 is 5.79. The monoisotopic (exact) mass is 248 g/mol. The van der Waals surface area contributed by atoms with E-state index in [9.17, 15) is 0 Å². The fraction of sp³-hybridized carbons (Fsp3) is 0.667. The first-order valence-corrected chi connectivity index (χ1v) is 6.98. The number of likely N-dealkylation sites (tertiary alicyclic amines) is 1. The molecular formula is C15H24N2O. The maximum Gasteiger partial charge on any atom is 0.213 e. The predicted molar refractivity (Wildman–Crippen MR) is 73.9 cm³/mol. The summed E-state index contributed by atoms with van der Waals surface area (Å²) in [5.41, 5.74) is 1.17. The number of rotatable bonds is 4. The van der Waals surface area contributed by atoms with Crippen molar-refractivity contribution in [3.05, 3.63) is 23.9 Å². The van der Waals surface area contributed by atoms with Crippen LogP contribution in [0.1, 0.15) is 32.3 Å². The molecule has 100 valence electrons. The van der Waals surface area contributed by atoms with Crippen LogP contribution in [0.5, 0.6) is 5.88 Å². The third kappa shape index (κ3) is 3.45. The molecule has 0 unspecified atom stereocenters. The highest BCUT2D eigenvalue weighted by molar-refractivity contribution is 5.16. The molecule has 1 saturated heterocycles. The molecule has 0 saturated carbocycles. The number of pyridine rings is 1. The Hall–Kier alpha value is -1.09. The molecule has 0 spiro atoms. The quantitative estimate of drug-likeness (QED) is 0.819. The highest BCUT2D eigenvalue weighted by atomic mass is 16.5. The minimum absolute atomic E-state index is 0.643. The molecule has 1 aromatic heterocycles. The number of nitrogens with zero attached hydrogens (tertiary/aromatic N) is 2. The zero-order valence-electron chi connectivity index (χ0n) is 11.7. The molecule has 0 radical (unpaired) electrons. The Labute approximate surface area is 110 Å². The first kappa shape index (κ1) is 13.3. The molecule has 0 aromatic carbocycles. The van der Waals surface area contributed by atoms with Crippen LogP contribution in [0.3, 0.4) is 0 Å². The Bertz CT molecular complexity index is 363. The van der Waals surface area contributed by atoms with E-state index >= 15 is 0 Å². The van der Waals surface area contributed by atoms with Gasteiger partial charge in [-0.3, -0.25) is 0 Å². The van der Waals surface area contributed by atoms with Gasteiger partial charge in [0.2, 0.25) is 5.88 Å². The minimum Gasteiger partial charge on any atom is -0.477 e. The molecule has 2 atom stereocenters.